The summed E-state index contributed by atoms with van der Waals surface area (Å²) in [6.07, 6.45) is 7.94. The van der Waals surface area contributed by atoms with Crippen molar-refractivity contribution in [2.24, 2.45) is 5.73 Å². The minimum Gasteiger partial charge on any atom is -0.368 e. The number of primary amides is 1. The average Bonchev–Trinajstić information content (AvgIpc) is 3.31. The van der Waals surface area contributed by atoms with Crippen molar-refractivity contribution >= 4 is 11.8 Å². The van der Waals surface area contributed by atoms with Crippen molar-refractivity contribution in [1.82, 2.24) is 34.6 Å². The molecular weight excluding hydrogens is 364 g/mol. The standard InChI is InChI=1S/C17H20N8O3/c1-10(2)14-15(22-17(23-16(14)28)24-4-3-19-9-24)11-5-21-25(7-11)8-13(27)20-6-12(18)26/h3-5,7,9-10H,6,8H2,1-2H3,(H2,18,26)(H,20,27)(H,22,23,28). The Kier molecular flexibility index (Phi) is 5.34. The summed E-state index contributed by atoms with van der Waals surface area (Å²) in [6, 6.07) is 0. The largest absolute Gasteiger partial charge is 0.368 e. The van der Waals surface area contributed by atoms with E-state index in [9.17, 15) is 14.4 Å². The topological polar surface area (TPSA) is 154 Å². The van der Waals surface area contributed by atoms with Crippen LogP contribution in [0.4, 0.5) is 0 Å². The van der Waals surface area contributed by atoms with Gasteiger partial charge < -0.3 is 11.1 Å². The molecule has 3 aromatic rings. The highest BCUT2D eigenvalue weighted by Gasteiger charge is 2.18. The number of carbonyl (C=O) groups is 2. The Morgan fingerprint density at radius 2 is 2.14 bits per heavy atom. The molecule has 0 saturated carbocycles. The molecule has 0 atom stereocenters. The number of nitrogens with zero attached hydrogens (tertiary/aromatic N) is 5. The van der Waals surface area contributed by atoms with Crippen molar-refractivity contribution in [2.45, 2.75) is 26.3 Å². The van der Waals surface area contributed by atoms with Crippen LogP contribution in [0.2, 0.25) is 0 Å². The van der Waals surface area contributed by atoms with E-state index in [4.69, 9.17) is 5.73 Å². The zero-order valence-electron chi connectivity index (χ0n) is 15.4. The molecule has 0 bridgehead atoms. The van der Waals surface area contributed by atoms with Crippen molar-refractivity contribution in [3.05, 3.63) is 47.0 Å². The summed E-state index contributed by atoms with van der Waals surface area (Å²) in [6.45, 7) is 3.46. The number of H-pyrrole nitrogens is 1. The van der Waals surface area contributed by atoms with Crippen molar-refractivity contribution in [3.8, 4) is 17.2 Å². The first-order valence-corrected chi connectivity index (χ1v) is 8.55. The van der Waals surface area contributed by atoms with Gasteiger partial charge in [-0.1, -0.05) is 13.8 Å². The SMILES string of the molecule is CC(C)c1c(-c2cnn(CC(=O)NCC(N)=O)c2)nc(-n2ccnc2)[nH]c1=O. The van der Waals surface area contributed by atoms with Gasteiger partial charge >= 0.3 is 0 Å². The third kappa shape index (κ3) is 4.14. The van der Waals surface area contributed by atoms with Crippen LogP contribution in [0.15, 0.2) is 35.9 Å². The number of imidazole rings is 1. The second kappa shape index (κ2) is 7.86. The third-order valence-corrected chi connectivity index (χ3v) is 3.94. The highest BCUT2D eigenvalue weighted by molar-refractivity contribution is 5.83. The van der Waals surface area contributed by atoms with E-state index in [1.54, 1.807) is 23.2 Å². The van der Waals surface area contributed by atoms with Gasteiger partial charge in [0.05, 0.1) is 18.4 Å². The highest BCUT2D eigenvalue weighted by Crippen LogP contribution is 2.24. The van der Waals surface area contributed by atoms with E-state index in [1.807, 2.05) is 13.8 Å². The molecule has 0 saturated heterocycles. The molecule has 0 aliphatic rings. The zero-order valence-corrected chi connectivity index (χ0v) is 15.4. The normalized spacial score (nSPS) is 11.0. The van der Waals surface area contributed by atoms with Crippen molar-refractivity contribution in [2.75, 3.05) is 6.54 Å². The molecule has 4 N–H and O–H groups in total. The Bertz CT molecular complexity index is 1050. The Balaban J connectivity index is 1.94. The zero-order chi connectivity index (χ0) is 20.3. The number of rotatable bonds is 7. The van der Waals surface area contributed by atoms with Crippen LogP contribution >= 0.6 is 0 Å². The quantitative estimate of drug-likeness (QED) is 0.501. The minimum atomic E-state index is -0.629. The van der Waals surface area contributed by atoms with Crippen LogP contribution in [-0.4, -0.2) is 47.7 Å². The van der Waals surface area contributed by atoms with E-state index in [1.165, 1.54) is 17.2 Å². The van der Waals surface area contributed by atoms with Gasteiger partial charge in [-0.05, 0) is 5.92 Å². The number of hydrogen-bond acceptors (Lipinski definition) is 6. The maximum Gasteiger partial charge on any atom is 0.256 e. The second-order valence-corrected chi connectivity index (χ2v) is 6.45. The van der Waals surface area contributed by atoms with Crippen LogP contribution in [0.3, 0.4) is 0 Å². The van der Waals surface area contributed by atoms with E-state index in [0.717, 1.165) is 0 Å². The van der Waals surface area contributed by atoms with Gasteiger partial charge in [0.25, 0.3) is 5.56 Å². The summed E-state index contributed by atoms with van der Waals surface area (Å²) in [5.74, 6) is -0.787. The predicted octanol–water partition coefficient (Wildman–Crippen LogP) is -0.456. The van der Waals surface area contributed by atoms with Crippen molar-refractivity contribution in [1.29, 1.82) is 0 Å². The van der Waals surface area contributed by atoms with Crippen LogP contribution in [0.1, 0.15) is 25.3 Å². The number of amides is 2. The van der Waals surface area contributed by atoms with Gasteiger partial charge in [0, 0.05) is 29.7 Å². The van der Waals surface area contributed by atoms with Crippen LogP contribution in [0.25, 0.3) is 17.2 Å². The lowest BCUT2D eigenvalue weighted by Crippen LogP contribution is -2.35. The van der Waals surface area contributed by atoms with Gasteiger partial charge in [0.2, 0.25) is 17.8 Å². The first-order chi connectivity index (χ1) is 13.3. The molecule has 3 heterocycles. The first kappa shape index (κ1) is 19.0. The smallest absolute Gasteiger partial charge is 0.256 e. The van der Waals surface area contributed by atoms with Crippen LogP contribution in [0, 0.1) is 0 Å². The second-order valence-electron chi connectivity index (χ2n) is 6.45. The molecule has 0 unspecified atom stereocenters. The monoisotopic (exact) mass is 384 g/mol. The van der Waals surface area contributed by atoms with Crippen molar-refractivity contribution in [3.63, 3.8) is 0 Å². The van der Waals surface area contributed by atoms with Crippen LogP contribution in [0.5, 0.6) is 0 Å². The van der Waals surface area contributed by atoms with E-state index >= 15 is 0 Å². The molecule has 0 aromatic carbocycles. The molecular formula is C17H20N8O3. The molecule has 3 aromatic heterocycles. The Morgan fingerprint density at radius 1 is 1.36 bits per heavy atom. The third-order valence-electron chi connectivity index (χ3n) is 3.94. The summed E-state index contributed by atoms with van der Waals surface area (Å²) >= 11 is 0. The summed E-state index contributed by atoms with van der Waals surface area (Å²) < 4.78 is 2.99. The number of aromatic nitrogens is 6. The molecule has 0 aliphatic carbocycles. The van der Waals surface area contributed by atoms with E-state index in [2.05, 4.69) is 25.4 Å². The van der Waals surface area contributed by atoms with Gasteiger partial charge in [-0.2, -0.15) is 5.10 Å². The fourth-order valence-corrected chi connectivity index (χ4v) is 2.69. The molecule has 146 valence electrons. The van der Waals surface area contributed by atoms with Gasteiger partial charge in [-0.15, -0.1) is 0 Å². The maximum absolute atomic E-state index is 12.6. The minimum absolute atomic E-state index is 0.0784. The van der Waals surface area contributed by atoms with E-state index in [-0.39, 0.29) is 24.6 Å². The molecule has 2 amide bonds. The van der Waals surface area contributed by atoms with E-state index in [0.29, 0.717) is 22.8 Å². The lowest BCUT2D eigenvalue weighted by atomic mass is 10.0. The summed E-state index contributed by atoms with van der Waals surface area (Å²) in [5.41, 5.74) is 6.34. The van der Waals surface area contributed by atoms with Gasteiger partial charge in [-0.25, -0.2) is 9.97 Å². The van der Waals surface area contributed by atoms with Gasteiger partial charge in [0.1, 0.15) is 12.9 Å². The number of carbonyl (C=O) groups excluding carboxylic acids is 2. The predicted molar refractivity (Wildman–Crippen MR) is 99.5 cm³/mol. The summed E-state index contributed by atoms with van der Waals surface area (Å²) in [7, 11) is 0. The molecule has 3 rings (SSSR count). The maximum atomic E-state index is 12.6. The Morgan fingerprint density at radius 3 is 2.79 bits per heavy atom. The fourth-order valence-electron chi connectivity index (χ4n) is 2.69. The van der Waals surface area contributed by atoms with Gasteiger partial charge in [-0.3, -0.25) is 28.6 Å². The summed E-state index contributed by atoms with van der Waals surface area (Å²) in [5, 5.41) is 6.54. The number of hydrogen-bond donors (Lipinski definition) is 3. The fraction of sp³-hybridized carbons (Fsp3) is 0.294. The average molecular weight is 384 g/mol. The molecule has 0 aliphatic heterocycles. The Hall–Kier alpha value is -3.76. The number of nitrogens with two attached hydrogens (primary N) is 1. The van der Waals surface area contributed by atoms with E-state index < -0.39 is 11.8 Å². The number of nitrogens with one attached hydrogen (secondary N) is 2. The van der Waals surface area contributed by atoms with Crippen LogP contribution in [-0.2, 0) is 16.1 Å². The molecule has 28 heavy (non-hydrogen) atoms. The molecule has 11 nitrogen and oxygen atoms in total. The summed E-state index contributed by atoms with van der Waals surface area (Å²) in [4.78, 5) is 46.5. The molecule has 11 heteroatoms. The van der Waals surface area contributed by atoms with Crippen LogP contribution < -0.4 is 16.6 Å². The lowest BCUT2D eigenvalue weighted by molar-refractivity contribution is -0.125. The lowest BCUT2D eigenvalue weighted by Gasteiger charge is -2.11. The Labute approximate surface area is 159 Å². The highest BCUT2D eigenvalue weighted by atomic mass is 16.2. The number of aromatic amines is 1. The first-order valence-electron chi connectivity index (χ1n) is 8.55. The van der Waals surface area contributed by atoms with Gasteiger partial charge in [0.15, 0.2) is 0 Å². The molecule has 0 fully saturated rings. The molecule has 0 spiro atoms. The van der Waals surface area contributed by atoms with Crippen molar-refractivity contribution < 1.29 is 9.59 Å². The molecule has 0 radical (unpaired) electrons.